The third kappa shape index (κ3) is 1.63. The molecule has 0 saturated heterocycles. The Hall–Kier alpha value is -0.770. The molecule has 1 heteroatoms. The number of terminal acetylenes is 1. The zero-order valence-corrected chi connectivity index (χ0v) is 7.96. The lowest BCUT2D eigenvalue weighted by Gasteiger charge is -2.19. The van der Waals surface area contributed by atoms with Crippen molar-refractivity contribution < 1.29 is 4.79 Å². The maximum absolute atomic E-state index is 11.7. The predicted octanol–water partition coefficient (Wildman–Crippen LogP) is 2.41. The van der Waals surface area contributed by atoms with E-state index in [-0.39, 0.29) is 0 Å². The van der Waals surface area contributed by atoms with Crippen LogP contribution in [0.3, 0.4) is 0 Å². The summed E-state index contributed by atoms with van der Waals surface area (Å²) >= 11 is 0. The number of fused-ring (bicyclic) bond motifs is 2. The summed E-state index contributed by atoms with van der Waals surface area (Å²) in [5, 5.41) is 0. The van der Waals surface area contributed by atoms with Gasteiger partial charge >= 0.3 is 0 Å². The van der Waals surface area contributed by atoms with E-state index in [1.165, 1.54) is 19.3 Å². The van der Waals surface area contributed by atoms with Crippen LogP contribution in [0, 0.1) is 30.1 Å². The molecule has 0 N–H and O–H groups in total. The Kier molecular flexibility index (Phi) is 2.40. The van der Waals surface area contributed by atoms with E-state index in [1.54, 1.807) is 0 Å². The average Bonchev–Trinajstić information content (AvgIpc) is 2.74. The molecular weight excluding hydrogens is 160 g/mol. The minimum atomic E-state index is 0.382. The molecule has 0 spiro atoms. The summed E-state index contributed by atoms with van der Waals surface area (Å²) in [6.45, 7) is 0. The van der Waals surface area contributed by atoms with Crippen LogP contribution in [0.25, 0.3) is 0 Å². The third-order valence-corrected chi connectivity index (χ3v) is 3.67. The van der Waals surface area contributed by atoms with Crippen LogP contribution in [0.5, 0.6) is 0 Å². The smallest absolute Gasteiger partial charge is 0.137 e. The first-order chi connectivity index (χ1) is 6.31. The molecule has 2 aliphatic carbocycles. The van der Waals surface area contributed by atoms with Gasteiger partial charge in [0.1, 0.15) is 5.78 Å². The molecule has 0 aromatic carbocycles. The van der Waals surface area contributed by atoms with Crippen molar-refractivity contribution in [2.45, 2.75) is 38.5 Å². The van der Waals surface area contributed by atoms with E-state index in [1.807, 2.05) is 0 Å². The SMILES string of the molecule is C#CCCC(=O)C1CC2CCC1C2. The normalized spacial score (nSPS) is 36.1. The summed E-state index contributed by atoms with van der Waals surface area (Å²) in [5.41, 5.74) is 0. The van der Waals surface area contributed by atoms with Crippen molar-refractivity contribution in [2.24, 2.45) is 17.8 Å². The van der Waals surface area contributed by atoms with Gasteiger partial charge in [-0.1, -0.05) is 6.42 Å². The maximum atomic E-state index is 11.7. The Morgan fingerprint density at radius 3 is 2.77 bits per heavy atom. The van der Waals surface area contributed by atoms with E-state index in [4.69, 9.17) is 6.42 Å². The first-order valence-corrected chi connectivity index (χ1v) is 5.27. The Balaban J connectivity index is 1.88. The highest BCUT2D eigenvalue weighted by molar-refractivity contribution is 5.82. The van der Waals surface area contributed by atoms with Crippen molar-refractivity contribution in [2.75, 3.05) is 0 Å². The van der Waals surface area contributed by atoms with Crippen LogP contribution in [0.15, 0.2) is 0 Å². The highest BCUT2D eigenvalue weighted by Gasteiger charge is 2.42. The van der Waals surface area contributed by atoms with Crippen molar-refractivity contribution in [3.8, 4) is 12.3 Å². The van der Waals surface area contributed by atoms with Crippen LogP contribution < -0.4 is 0 Å². The molecule has 2 rings (SSSR count). The van der Waals surface area contributed by atoms with Gasteiger partial charge in [-0.3, -0.25) is 4.79 Å². The number of Topliss-reactive ketones (excluding diaryl/α,β-unsaturated/α-hetero) is 1. The minimum Gasteiger partial charge on any atom is -0.299 e. The predicted molar refractivity (Wildman–Crippen MR) is 52.0 cm³/mol. The molecule has 0 aromatic heterocycles. The fourth-order valence-corrected chi connectivity index (χ4v) is 3.02. The van der Waals surface area contributed by atoms with Crippen LogP contribution in [-0.4, -0.2) is 5.78 Å². The van der Waals surface area contributed by atoms with Gasteiger partial charge in [-0.15, -0.1) is 12.3 Å². The number of ketones is 1. The quantitative estimate of drug-likeness (QED) is 0.603. The van der Waals surface area contributed by atoms with Crippen molar-refractivity contribution in [1.82, 2.24) is 0 Å². The second-order valence-electron chi connectivity index (χ2n) is 4.45. The molecule has 2 bridgehead atoms. The van der Waals surface area contributed by atoms with Gasteiger partial charge in [0.15, 0.2) is 0 Å². The summed E-state index contributed by atoms with van der Waals surface area (Å²) < 4.78 is 0. The molecule has 0 amide bonds. The summed E-state index contributed by atoms with van der Waals surface area (Å²) in [7, 11) is 0. The molecule has 0 aliphatic heterocycles. The van der Waals surface area contributed by atoms with Crippen LogP contribution in [0.4, 0.5) is 0 Å². The molecule has 0 aromatic rings. The minimum absolute atomic E-state index is 0.382. The highest BCUT2D eigenvalue weighted by Crippen LogP contribution is 2.48. The molecule has 13 heavy (non-hydrogen) atoms. The second kappa shape index (κ2) is 3.54. The molecular formula is C12H16O. The highest BCUT2D eigenvalue weighted by atomic mass is 16.1. The molecule has 2 fully saturated rings. The van der Waals surface area contributed by atoms with Gasteiger partial charge in [0.25, 0.3) is 0 Å². The van der Waals surface area contributed by atoms with Crippen LogP contribution >= 0.6 is 0 Å². The van der Waals surface area contributed by atoms with Gasteiger partial charge in [-0.25, -0.2) is 0 Å². The molecule has 2 saturated carbocycles. The van der Waals surface area contributed by atoms with Crippen molar-refractivity contribution in [3.63, 3.8) is 0 Å². The number of hydrogen-bond acceptors (Lipinski definition) is 1. The first-order valence-electron chi connectivity index (χ1n) is 5.27. The molecule has 0 heterocycles. The molecule has 0 radical (unpaired) electrons. The van der Waals surface area contributed by atoms with Crippen LogP contribution in [0.1, 0.15) is 38.5 Å². The molecule has 70 valence electrons. The fourth-order valence-electron chi connectivity index (χ4n) is 3.02. The Morgan fingerprint density at radius 1 is 1.38 bits per heavy atom. The van der Waals surface area contributed by atoms with Gasteiger partial charge in [0, 0.05) is 18.8 Å². The van der Waals surface area contributed by atoms with Gasteiger partial charge in [0.05, 0.1) is 0 Å². The van der Waals surface area contributed by atoms with Crippen molar-refractivity contribution >= 4 is 5.78 Å². The fraction of sp³-hybridized carbons (Fsp3) is 0.750. The van der Waals surface area contributed by atoms with Gasteiger partial charge < -0.3 is 0 Å². The van der Waals surface area contributed by atoms with Gasteiger partial charge in [-0.05, 0) is 31.1 Å². The van der Waals surface area contributed by atoms with E-state index in [9.17, 15) is 4.79 Å². The summed E-state index contributed by atoms with van der Waals surface area (Å²) in [5.74, 6) is 4.95. The average molecular weight is 176 g/mol. The van der Waals surface area contributed by atoms with Crippen molar-refractivity contribution in [1.29, 1.82) is 0 Å². The maximum Gasteiger partial charge on any atom is 0.137 e. The van der Waals surface area contributed by atoms with E-state index >= 15 is 0 Å². The monoisotopic (exact) mass is 176 g/mol. The van der Waals surface area contributed by atoms with E-state index in [0.717, 1.165) is 18.3 Å². The Morgan fingerprint density at radius 2 is 2.23 bits per heavy atom. The number of carbonyl (C=O) groups is 1. The summed E-state index contributed by atoms with van der Waals surface area (Å²) in [6, 6.07) is 0. The summed E-state index contributed by atoms with van der Waals surface area (Å²) in [4.78, 5) is 11.7. The number of hydrogen-bond donors (Lipinski definition) is 0. The largest absolute Gasteiger partial charge is 0.299 e. The van der Waals surface area contributed by atoms with Crippen molar-refractivity contribution in [3.05, 3.63) is 0 Å². The number of rotatable bonds is 3. The molecule has 3 unspecified atom stereocenters. The molecule has 1 nitrogen and oxygen atoms in total. The lowest BCUT2D eigenvalue weighted by atomic mass is 9.84. The van der Waals surface area contributed by atoms with E-state index in [0.29, 0.717) is 24.5 Å². The summed E-state index contributed by atoms with van der Waals surface area (Å²) in [6.07, 6.45) is 11.5. The lowest BCUT2D eigenvalue weighted by Crippen LogP contribution is -2.20. The van der Waals surface area contributed by atoms with Crippen LogP contribution in [0.2, 0.25) is 0 Å². The standard InChI is InChI=1S/C12H16O/c1-2-3-4-12(13)11-8-9-5-6-10(11)7-9/h1,9-11H,3-8H2. The van der Waals surface area contributed by atoms with Gasteiger partial charge in [-0.2, -0.15) is 0 Å². The van der Waals surface area contributed by atoms with Gasteiger partial charge in [0.2, 0.25) is 0 Å². The Labute approximate surface area is 79.9 Å². The van der Waals surface area contributed by atoms with Crippen LogP contribution in [-0.2, 0) is 4.79 Å². The van der Waals surface area contributed by atoms with E-state index < -0.39 is 0 Å². The van der Waals surface area contributed by atoms with E-state index in [2.05, 4.69) is 5.92 Å². The topological polar surface area (TPSA) is 17.1 Å². The zero-order chi connectivity index (χ0) is 9.26. The zero-order valence-electron chi connectivity index (χ0n) is 7.96. The lowest BCUT2D eigenvalue weighted by molar-refractivity contribution is -0.124. The molecule has 2 aliphatic rings. The second-order valence-corrected chi connectivity index (χ2v) is 4.45. The number of carbonyl (C=O) groups excluding carboxylic acids is 1. The third-order valence-electron chi connectivity index (χ3n) is 3.67. The molecule has 3 atom stereocenters. The Bertz CT molecular complexity index is 248. The first kappa shape index (κ1) is 8.81.